The maximum absolute atomic E-state index is 13.1. The van der Waals surface area contributed by atoms with Crippen molar-refractivity contribution in [2.45, 2.75) is 12.7 Å². The van der Waals surface area contributed by atoms with Gasteiger partial charge in [-0.3, -0.25) is 0 Å². The molecule has 0 spiro atoms. The van der Waals surface area contributed by atoms with Crippen LogP contribution in [-0.2, 0) is 12.7 Å². The molecule has 1 aromatic carbocycles. The zero-order valence-electron chi connectivity index (χ0n) is 12.6. The molecule has 4 nitrogen and oxygen atoms in total. The Kier molecular flexibility index (Phi) is 5.20. The fourth-order valence-corrected chi connectivity index (χ4v) is 3.23. The van der Waals surface area contributed by atoms with Crippen LogP contribution in [-0.4, -0.2) is 25.9 Å². The second kappa shape index (κ2) is 6.79. The Labute approximate surface area is 140 Å². The molecule has 9 heteroatoms. The summed E-state index contributed by atoms with van der Waals surface area (Å²) in [6.45, 7) is -0.0826. The number of halogens is 3. The number of ether oxygens (including phenoxy) is 3. The van der Waals surface area contributed by atoms with Gasteiger partial charge in [-0.05, 0) is 24.4 Å². The lowest BCUT2D eigenvalue weighted by Gasteiger charge is -2.17. The van der Waals surface area contributed by atoms with Gasteiger partial charge in [-0.2, -0.15) is 13.2 Å². The van der Waals surface area contributed by atoms with Gasteiger partial charge in [0, 0.05) is 10.9 Å². The number of alkyl halides is 3. The van der Waals surface area contributed by atoms with Crippen molar-refractivity contribution in [3.05, 3.63) is 32.7 Å². The molecule has 0 unspecified atom stereocenters. The average Bonchev–Trinajstić information content (AvgIpc) is 2.87. The first kappa shape index (κ1) is 17.6. The third-order valence-electron chi connectivity index (χ3n) is 3.19. The Balaban J connectivity index is 2.54. The van der Waals surface area contributed by atoms with Gasteiger partial charge in [-0.25, -0.2) is 0 Å². The number of hydrogen-bond donors (Lipinski definition) is 0. The average molecular weight is 365 g/mol. The van der Waals surface area contributed by atoms with Crippen molar-refractivity contribution in [3.63, 3.8) is 0 Å². The molecule has 0 saturated heterocycles. The molecule has 0 bridgehead atoms. The molecule has 0 aliphatic heterocycles. The third-order valence-corrected chi connectivity index (χ3v) is 4.46. The van der Waals surface area contributed by atoms with Crippen LogP contribution in [0, 0.1) is 3.95 Å². The maximum atomic E-state index is 13.1. The van der Waals surface area contributed by atoms with E-state index in [0.717, 1.165) is 21.3 Å². The summed E-state index contributed by atoms with van der Waals surface area (Å²) >= 11 is 5.88. The molecule has 0 radical (unpaired) electrons. The van der Waals surface area contributed by atoms with Crippen LogP contribution in [0.15, 0.2) is 17.5 Å². The lowest BCUT2D eigenvalue weighted by Crippen LogP contribution is -2.15. The number of aromatic nitrogens is 1. The zero-order chi connectivity index (χ0) is 17.2. The van der Waals surface area contributed by atoms with Crippen molar-refractivity contribution in [1.82, 2.24) is 4.57 Å². The molecule has 0 atom stereocenters. The Hall–Kier alpha value is -1.74. The molecule has 0 aliphatic carbocycles. The summed E-state index contributed by atoms with van der Waals surface area (Å²) in [6.07, 6.45) is -4.47. The number of rotatable bonds is 5. The van der Waals surface area contributed by atoms with E-state index in [1.807, 2.05) is 0 Å². The van der Waals surface area contributed by atoms with E-state index >= 15 is 0 Å². The second-order valence-electron chi connectivity index (χ2n) is 4.46. The summed E-state index contributed by atoms with van der Waals surface area (Å²) in [5.41, 5.74) is -0.283. The smallest absolute Gasteiger partial charge is 0.432 e. The fourth-order valence-electron chi connectivity index (χ4n) is 2.16. The summed E-state index contributed by atoms with van der Waals surface area (Å²) < 4.78 is 56.1. The van der Waals surface area contributed by atoms with Crippen molar-refractivity contribution >= 4 is 23.6 Å². The van der Waals surface area contributed by atoms with E-state index in [9.17, 15) is 13.2 Å². The fraction of sp³-hybridized carbons (Fsp3) is 0.357. The van der Waals surface area contributed by atoms with Gasteiger partial charge in [0.05, 0.1) is 27.9 Å². The molecule has 0 amide bonds. The van der Waals surface area contributed by atoms with Gasteiger partial charge in [-0.1, -0.05) is 0 Å². The normalized spacial score (nSPS) is 11.4. The van der Waals surface area contributed by atoms with Gasteiger partial charge < -0.3 is 18.8 Å². The van der Waals surface area contributed by atoms with Gasteiger partial charge in [0.2, 0.25) is 5.75 Å². The van der Waals surface area contributed by atoms with E-state index in [2.05, 4.69) is 0 Å². The Morgan fingerprint density at radius 1 is 1.09 bits per heavy atom. The van der Waals surface area contributed by atoms with Crippen molar-refractivity contribution < 1.29 is 27.4 Å². The van der Waals surface area contributed by atoms with E-state index in [4.69, 9.17) is 26.4 Å². The standard InChI is InChI=1S/C14H14F3NO3S2/c1-19-9-5-4-8(11(20-2)12(9)21-3)6-18-10(14(15,16)17)7-23-13(18)22/h4-5,7H,6H2,1-3H3. The van der Waals surface area contributed by atoms with Crippen LogP contribution >= 0.6 is 23.6 Å². The maximum Gasteiger partial charge on any atom is 0.432 e. The summed E-state index contributed by atoms with van der Waals surface area (Å²) in [5.74, 6) is 1.06. The lowest BCUT2D eigenvalue weighted by molar-refractivity contribution is -0.143. The first-order chi connectivity index (χ1) is 10.8. The minimum Gasteiger partial charge on any atom is -0.493 e. The third kappa shape index (κ3) is 3.45. The number of thiazole rings is 1. The molecular weight excluding hydrogens is 351 g/mol. The topological polar surface area (TPSA) is 32.6 Å². The summed E-state index contributed by atoms with van der Waals surface area (Å²) in [6, 6.07) is 3.24. The van der Waals surface area contributed by atoms with Gasteiger partial charge >= 0.3 is 6.18 Å². The van der Waals surface area contributed by atoms with E-state index in [0.29, 0.717) is 22.8 Å². The van der Waals surface area contributed by atoms with Gasteiger partial charge in [0.25, 0.3) is 0 Å². The Morgan fingerprint density at radius 3 is 2.26 bits per heavy atom. The minimum atomic E-state index is -4.47. The predicted molar refractivity (Wildman–Crippen MR) is 83.3 cm³/mol. The number of nitrogens with zero attached hydrogens (tertiary/aromatic N) is 1. The molecule has 126 valence electrons. The number of methoxy groups -OCH3 is 3. The van der Waals surface area contributed by atoms with Gasteiger partial charge in [0.1, 0.15) is 5.69 Å². The molecule has 2 rings (SSSR count). The van der Waals surface area contributed by atoms with Crippen LogP contribution in [0.5, 0.6) is 17.2 Å². The zero-order valence-corrected chi connectivity index (χ0v) is 14.2. The monoisotopic (exact) mass is 365 g/mol. The number of hydrogen-bond acceptors (Lipinski definition) is 5. The first-order valence-corrected chi connectivity index (χ1v) is 7.65. The highest BCUT2D eigenvalue weighted by Crippen LogP contribution is 2.41. The van der Waals surface area contributed by atoms with Crippen molar-refractivity contribution in [1.29, 1.82) is 0 Å². The van der Waals surface area contributed by atoms with Crippen LogP contribution in [0.25, 0.3) is 0 Å². The molecule has 1 aromatic heterocycles. The van der Waals surface area contributed by atoms with E-state index in [-0.39, 0.29) is 10.5 Å². The van der Waals surface area contributed by atoms with Crippen molar-refractivity contribution in [2.24, 2.45) is 0 Å². The molecule has 0 aliphatic rings. The highest BCUT2D eigenvalue weighted by atomic mass is 32.1. The lowest BCUT2D eigenvalue weighted by atomic mass is 10.1. The summed E-state index contributed by atoms with van der Waals surface area (Å²) in [7, 11) is 4.31. The molecule has 0 fully saturated rings. The molecule has 23 heavy (non-hydrogen) atoms. The predicted octanol–water partition coefficient (Wildman–Crippen LogP) is 4.37. The molecule has 0 N–H and O–H groups in total. The SMILES string of the molecule is COc1ccc(Cn2c(C(F)(F)F)csc2=S)c(OC)c1OC. The second-order valence-corrected chi connectivity index (χ2v) is 5.97. The van der Waals surface area contributed by atoms with Gasteiger partial charge in [-0.15, -0.1) is 11.3 Å². The van der Waals surface area contributed by atoms with Crippen LogP contribution in [0.3, 0.4) is 0 Å². The van der Waals surface area contributed by atoms with Crippen molar-refractivity contribution in [2.75, 3.05) is 21.3 Å². The van der Waals surface area contributed by atoms with E-state index < -0.39 is 11.9 Å². The van der Waals surface area contributed by atoms with Crippen molar-refractivity contribution in [3.8, 4) is 17.2 Å². The largest absolute Gasteiger partial charge is 0.493 e. The molecule has 0 saturated carbocycles. The Morgan fingerprint density at radius 2 is 1.74 bits per heavy atom. The quantitative estimate of drug-likeness (QED) is 0.737. The molecule has 1 heterocycles. The highest BCUT2D eigenvalue weighted by molar-refractivity contribution is 7.73. The van der Waals surface area contributed by atoms with Gasteiger partial charge in [0.15, 0.2) is 15.5 Å². The van der Waals surface area contributed by atoms with Crippen LogP contribution in [0.1, 0.15) is 11.3 Å². The van der Waals surface area contributed by atoms with E-state index in [1.165, 1.54) is 21.3 Å². The van der Waals surface area contributed by atoms with Crippen LogP contribution in [0.4, 0.5) is 13.2 Å². The summed E-state index contributed by atoms with van der Waals surface area (Å²) in [5, 5.41) is 1.01. The van der Waals surface area contributed by atoms with Crippen LogP contribution < -0.4 is 14.2 Å². The summed E-state index contributed by atoms with van der Waals surface area (Å²) in [4.78, 5) is 0. The van der Waals surface area contributed by atoms with E-state index in [1.54, 1.807) is 12.1 Å². The first-order valence-electron chi connectivity index (χ1n) is 6.36. The number of benzene rings is 1. The minimum absolute atomic E-state index is 0.0826. The molecular formula is C14H14F3NO3S2. The Bertz CT molecular complexity index is 753. The highest BCUT2D eigenvalue weighted by Gasteiger charge is 2.35. The van der Waals surface area contributed by atoms with Crippen LogP contribution in [0.2, 0.25) is 0 Å². The molecule has 2 aromatic rings.